The van der Waals surface area contributed by atoms with E-state index in [4.69, 9.17) is 4.42 Å². The monoisotopic (exact) mass is 324 g/mol. The summed E-state index contributed by atoms with van der Waals surface area (Å²) in [7, 11) is -3.68. The smallest absolute Gasteiger partial charge is 0.268 e. The van der Waals surface area contributed by atoms with E-state index in [0.717, 1.165) is 5.39 Å². The zero-order valence-electron chi connectivity index (χ0n) is 12.0. The largest absolute Gasteiger partial charge is 0.451 e. The molecule has 0 aliphatic heterocycles. The van der Waals surface area contributed by atoms with Crippen LogP contribution in [0.1, 0.15) is 0 Å². The van der Waals surface area contributed by atoms with Crippen molar-refractivity contribution in [2.24, 2.45) is 0 Å². The summed E-state index contributed by atoms with van der Waals surface area (Å²) in [4.78, 5) is 4.37. The molecular formula is C17H12N2O3S. The van der Waals surface area contributed by atoms with E-state index < -0.39 is 10.0 Å². The number of benzene rings is 2. The van der Waals surface area contributed by atoms with E-state index >= 15 is 0 Å². The van der Waals surface area contributed by atoms with Crippen LogP contribution in [-0.4, -0.2) is 17.4 Å². The van der Waals surface area contributed by atoms with Crippen LogP contribution in [-0.2, 0) is 10.0 Å². The second kappa shape index (κ2) is 5.10. The molecule has 6 heteroatoms. The maximum atomic E-state index is 12.9. The highest BCUT2D eigenvalue weighted by molar-refractivity contribution is 7.90. The maximum Gasteiger partial charge on any atom is 0.268 e. The van der Waals surface area contributed by atoms with Crippen LogP contribution in [0.25, 0.3) is 22.2 Å². The first kappa shape index (κ1) is 13.8. The van der Waals surface area contributed by atoms with E-state index in [1.807, 2.05) is 18.2 Å². The van der Waals surface area contributed by atoms with Gasteiger partial charge < -0.3 is 4.42 Å². The van der Waals surface area contributed by atoms with Gasteiger partial charge in [0.1, 0.15) is 12.0 Å². The van der Waals surface area contributed by atoms with Gasteiger partial charge in [0.15, 0.2) is 6.39 Å². The van der Waals surface area contributed by atoms with Crippen molar-refractivity contribution in [2.45, 2.75) is 4.90 Å². The Balaban J connectivity index is 2.02. The van der Waals surface area contributed by atoms with Crippen LogP contribution in [0.15, 0.2) is 82.8 Å². The molecule has 0 bridgehead atoms. The normalized spacial score (nSPS) is 11.8. The summed E-state index contributed by atoms with van der Waals surface area (Å²) in [6.07, 6.45) is 4.42. The Morgan fingerprint density at radius 3 is 2.43 bits per heavy atom. The topological polar surface area (TPSA) is 65.1 Å². The maximum absolute atomic E-state index is 12.9. The molecule has 0 radical (unpaired) electrons. The number of hydrogen-bond acceptors (Lipinski definition) is 4. The molecule has 0 aliphatic rings. The number of nitrogens with zero attached hydrogens (tertiary/aromatic N) is 2. The Hall–Kier alpha value is -2.86. The Kier molecular flexibility index (Phi) is 3.06. The average molecular weight is 324 g/mol. The summed E-state index contributed by atoms with van der Waals surface area (Å²) < 4.78 is 32.2. The predicted molar refractivity (Wildman–Crippen MR) is 86.5 cm³/mol. The van der Waals surface area contributed by atoms with Crippen LogP contribution >= 0.6 is 0 Å². The molecule has 2 heterocycles. The summed E-state index contributed by atoms with van der Waals surface area (Å²) in [5.41, 5.74) is 1.92. The van der Waals surface area contributed by atoms with Crippen LogP contribution in [0.4, 0.5) is 0 Å². The van der Waals surface area contributed by atoms with Gasteiger partial charge in [-0.2, -0.15) is 0 Å². The van der Waals surface area contributed by atoms with Crippen molar-refractivity contribution < 1.29 is 12.8 Å². The third-order valence-corrected chi connectivity index (χ3v) is 5.37. The van der Waals surface area contributed by atoms with Crippen LogP contribution in [0.2, 0.25) is 0 Å². The molecule has 0 unspecified atom stereocenters. The van der Waals surface area contributed by atoms with Crippen molar-refractivity contribution in [1.82, 2.24) is 8.96 Å². The van der Waals surface area contributed by atoms with Gasteiger partial charge in [-0.1, -0.05) is 36.4 Å². The lowest BCUT2D eigenvalue weighted by molar-refractivity contribution is 0.558. The van der Waals surface area contributed by atoms with Crippen molar-refractivity contribution in [3.05, 3.63) is 73.5 Å². The molecule has 4 rings (SSSR count). The Labute approximate surface area is 132 Å². The molecule has 0 atom stereocenters. The number of hydrogen-bond donors (Lipinski definition) is 0. The minimum atomic E-state index is -3.68. The number of para-hydroxylation sites is 1. The number of fused-ring (bicyclic) bond motifs is 1. The molecule has 0 saturated carbocycles. The number of rotatable bonds is 3. The molecule has 0 amide bonds. The van der Waals surface area contributed by atoms with Crippen LogP contribution in [0.3, 0.4) is 0 Å². The first-order chi connectivity index (χ1) is 11.2. The Morgan fingerprint density at radius 2 is 1.70 bits per heavy atom. The van der Waals surface area contributed by atoms with E-state index in [1.54, 1.807) is 42.6 Å². The van der Waals surface area contributed by atoms with Crippen molar-refractivity contribution >= 4 is 20.9 Å². The zero-order valence-corrected chi connectivity index (χ0v) is 12.8. The highest BCUT2D eigenvalue weighted by Crippen LogP contribution is 2.32. The molecular weight excluding hydrogens is 312 g/mol. The van der Waals surface area contributed by atoms with E-state index in [1.165, 1.54) is 16.6 Å². The summed E-state index contributed by atoms with van der Waals surface area (Å²) >= 11 is 0. The zero-order chi connectivity index (χ0) is 15.9. The van der Waals surface area contributed by atoms with Crippen molar-refractivity contribution in [2.75, 3.05) is 0 Å². The second-order valence-corrected chi connectivity index (χ2v) is 6.86. The van der Waals surface area contributed by atoms with E-state index in [2.05, 4.69) is 4.98 Å². The van der Waals surface area contributed by atoms with Gasteiger partial charge in [0.2, 0.25) is 0 Å². The molecule has 114 valence electrons. The lowest BCUT2D eigenvalue weighted by atomic mass is 10.1. The van der Waals surface area contributed by atoms with Crippen molar-refractivity contribution in [1.29, 1.82) is 0 Å². The molecule has 0 N–H and O–H groups in total. The van der Waals surface area contributed by atoms with Crippen molar-refractivity contribution in [3.63, 3.8) is 0 Å². The third kappa shape index (κ3) is 2.15. The SMILES string of the molecule is O=S(=O)(c1ccccc1)n1cc(-c2cocn2)c2ccccc21. The lowest BCUT2D eigenvalue weighted by Crippen LogP contribution is -2.11. The highest BCUT2D eigenvalue weighted by Gasteiger charge is 2.22. The Morgan fingerprint density at radius 1 is 0.957 bits per heavy atom. The van der Waals surface area contributed by atoms with Gasteiger partial charge in [-0.15, -0.1) is 0 Å². The first-order valence-corrected chi connectivity index (χ1v) is 8.41. The molecule has 0 saturated heterocycles. The minimum Gasteiger partial charge on any atom is -0.451 e. The molecule has 0 aliphatic carbocycles. The van der Waals surface area contributed by atoms with E-state index in [-0.39, 0.29) is 4.90 Å². The van der Waals surface area contributed by atoms with Crippen LogP contribution in [0.5, 0.6) is 0 Å². The van der Waals surface area contributed by atoms with Gasteiger partial charge in [0.05, 0.1) is 10.4 Å². The summed E-state index contributed by atoms with van der Waals surface area (Å²) in [6, 6.07) is 15.7. The number of aromatic nitrogens is 2. The second-order valence-electron chi connectivity index (χ2n) is 5.05. The van der Waals surface area contributed by atoms with E-state index in [9.17, 15) is 8.42 Å². The molecule has 0 fully saturated rings. The van der Waals surface area contributed by atoms with Gasteiger partial charge in [-0.3, -0.25) is 0 Å². The minimum absolute atomic E-state index is 0.243. The summed E-state index contributed by atoms with van der Waals surface area (Å²) in [6.45, 7) is 0. The fourth-order valence-electron chi connectivity index (χ4n) is 2.60. The summed E-state index contributed by atoms with van der Waals surface area (Å²) in [5, 5.41) is 0.806. The van der Waals surface area contributed by atoms with Gasteiger partial charge >= 0.3 is 0 Å². The van der Waals surface area contributed by atoms with E-state index in [0.29, 0.717) is 16.8 Å². The predicted octanol–water partition coefficient (Wildman–Crippen LogP) is 3.53. The standard InChI is InChI=1S/C17H12N2O3S/c20-23(21,13-6-2-1-3-7-13)19-10-15(16-11-22-12-18-16)14-8-4-5-9-17(14)19/h1-12H. The molecule has 0 spiro atoms. The molecule has 5 nitrogen and oxygen atoms in total. The van der Waals surface area contributed by atoms with Crippen molar-refractivity contribution in [3.8, 4) is 11.3 Å². The molecule has 23 heavy (non-hydrogen) atoms. The van der Waals surface area contributed by atoms with Gasteiger partial charge in [-0.05, 0) is 18.2 Å². The first-order valence-electron chi connectivity index (χ1n) is 6.97. The van der Waals surface area contributed by atoms with Crippen LogP contribution in [0, 0.1) is 0 Å². The fraction of sp³-hybridized carbons (Fsp3) is 0. The third-order valence-electron chi connectivity index (χ3n) is 3.69. The van der Waals surface area contributed by atoms with Crippen LogP contribution < -0.4 is 0 Å². The molecule has 4 aromatic rings. The lowest BCUT2D eigenvalue weighted by Gasteiger charge is -2.07. The van der Waals surface area contributed by atoms with Gasteiger partial charge in [-0.25, -0.2) is 17.4 Å². The fourth-order valence-corrected chi connectivity index (χ4v) is 3.99. The summed E-state index contributed by atoms with van der Waals surface area (Å²) in [5.74, 6) is 0. The molecule has 2 aromatic carbocycles. The average Bonchev–Trinajstić information content (AvgIpc) is 3.23. The molecule has 2 aromatic heterocycles. The highest BCUT2D eigenvalue weighted by atomic mass is 32.2. The Bertz CT molecular complexity index is 1070. The quantitative estimate of drug-likeness (QED) is 0.578. The van der Waals surface area contributed by atoms with Gasteiger partial charge in [0, 0.05) is 17.1 Å². The number of oxazole rings is 1. The van der Waals surface area contributed by atoms with Gasteiger partial charge in [0.25, 0.3) is 10.0 Å².